The number of thiazole rings is 1. The number of hydrogen-bond acceptors (Lipinski definition) is 6. The minimum Gasteiger partial charge on any atom is -0.493 e. The van der Waals surface area contributed by atoms with E-state index in [1.165, 1.54) is 26.4 Å². The Labute approximate surface area is 196 Å². The first-order chi connectivity index (χ1) is 16.2. The maximum absolute atomic E-state index is 13.9. The number of ether oxygens (including phenoxy) is 2. The summed E-state index contributed by atoms with van der Waals surface area (Å²) in [6.07, 6.45) is -3.90. The van der Waals surface area contributed by atoms with Crippen LogP contribution in [0.4, 0.5) is 18.3 Å². The molecule has 0 bridgehead atoms. The lowest BCUT2D eigenvalue weighted by molar-refractivity contribution is -0.143. The highest BCUT2D eigenvalue weighted by Gasteiger charge is 2.40. The molecule has 0 unspecified atom stereocenters. The normalized spacial score (nSPS) is 11.4. The van der Waals surface area contributed by atoms with Crippen molar-refractivity contribution in [3.63, 3.8) is 0 Å². The second kappa shape index (κ2) is 9.18. The molecule has 0 radical (unpaired) electrons. The van der Waals surface area contributed by atoms with Crippen LogP contribution in [0.1, 0.15) is 21.6 Å². The summed E-state index contributed by atoms with van der Waals surface area (Å²) in [7, 11) is 3.02. The maximum Gasteiger partial charge on any atom is 0.434 e. The van der Waals surface area contributed by atoms with Gasteiger partial charge in [0.25, 0.3) is 5.91 Å². The number of halogens is 3. The van der Waals surface area contributed by atoms with Crippen LogP contribution >= 0.6 is 11.3 Å². The zero-order valence-electron chi connectivity index (χ0n) is 18.3. The monoisotopic (exact) mass is 488 g/mol. The van der Waals surface area contributed by atoms with Crippen molar-refractivity contribution in [3.05, 3.63) is 70.9 Å². The van der Waals surface area contributed by atoms with Gasteiger partial charge in [0.1, 0.15) is 0 Å². The van der Waals surface area contributed by atoms with Crippen LogP contribution in [-0.4, -0.2) is 34.9 Å². The molecule has 1 N–H and O–H groups in total. The minimum atomic E-state index is -4.80. The maximum atomic E-state index is 13.9. The summed E-state index contributed by atoms with van der Waals surface area (Å²) in [5, 5.41) is 8.09. The highest BCUT2D eigenvalue weighted by atomic mass is 32.1. The van der Waals surface area contributed by atoms with Gasteiger partial charge in [0.15, 0.2) is 22.3 Å². The van der Waals surface area contributed by atoms with Crippen molar-refractivity contribution >= 4 is 22.4 Å². The number of benzene rings is 2. The molecule has 0 aliphatic heterocycles. The molecule has 0 saturated carbocycles. The lowest BCUT2D eigenvalue weighted by Crippen LogP contribution is -2.20. The van der Waals surface area contributed by atoms with E-state index in [9.17, 15) is 18.0 Å². The van der Waals surface area contributed by atoms with Crippen LogP contribution in [0.2, 0.25) is 0 Å². The van der Waals surface area contributed by atoms with E-state index in [1.807, 2.05) is 6.92 Å². The van der Waals surface area contributed by atoms with Crippen molar-refractivity contribution in [2.75, 3.05) is 19.5 Å². The lowest BCUT2D eigenvalue weighted by Gasteiger charge is -2.12. The van der Waals surface area contributed by atoms with Gasteiger partial charge >= 0.3 is 6.18 Å². The molecule has 0 atom stereocenters. The summed E-state index contributed by atoms with van der Waals surface area (Å²) in [6.45, 7) is 1.82. The van der Waals surface area contributed by atoms with Crippen molar-refractivity contribution in [2.45, 2.75) is 13.1 Å². The summed E-state index contributed by atoms with van der Waals surface area (Å²) < 4.78 is 52.9. The SMILES string of the molecule is COc1ccc(-c2csc(NC(=O)c3cnn(-c4ccc(C)cc4)c3C(F)(F)F)n2)cc1OC. The smallest absolute Gasteiger partial charge is 0.434 e. The van der Waals surface area contributed by atoms with E-state index in [-0.39, 0.29) is 10.8 Å². The third-order valence-corrected chi connectivity index (χ3v) is 5.72. The van der Waals surface area contributed by atoms with E-state index >= 15 is 0 Å². The quantitative estimate of drug-likeness (QED) is 0.383. The number of aromatic nitrogens is 3. The summed E-state index contributed by atoms with van der Waals surface area (Å²) >= 11 is 1.09. The zero-order chi connectivity index (χ0) is 24.5. The minimum absolute atomic E-state index is 0.144. The Kier molecular flexibility index (Phi) is 6.29. The topological polar surface area (TPSA) is 78.3 Å². The van der Waals surface area contributed by atoms with Crippen LogP contribution in [0, 0.1) is 6.92 Å². The van der Waals surface area contributed by atoms with Crippen LogP contribution in [0.5, 0.6) is 11.5 Å². The number of anilines is 1. The Morgan fingerprint density at radius 1 is 1.06 bits per heavy atom. The van der Waals surface area contributed by atoms with Crippen molar-refractivity contribution in [1.29, 1.82) is 0 Å². The fourth-order valence-electron chi connectivity index (χ4n) is 3.29. The lowest BCUT2D eigenvalue weighted by atomic mass is 10.1. The van der Waals surface area contributed by atoms with Gasteiger partial charge in [-0.05, 0) is 37.3 Å². The molecule has 1 amide bonds. The van der Waals surface area contributed by atoms with E-state index in [4.69, 9.17) is 9.47 Å². The number of aryl methyl sites for hydroxylation is 1. The zero-order valence-corrected chi connectivity index (χ0v) is 19.1. The Morgan fingerprint density at radius 3 is 2.41 bits per heavy atom. The van der Waals surface area contributed by atoms with E-state index < -0.39 is 23.3 Å². The number of rotatable bonds is 6. The highest BCUT2D eigenvalue weighted by Crippen LogP contribution is 2.35. The van der Waals surface area contributed by atoms with Crippen molar-refractivity contribution < 1.29 is 27.4 Å². The van der Waals surface area contributed by atoms with E-state index in [0.717, 1.165) is 23.1 Å². The standard InChI is InChI=1S/C23H19F3N4O3S/c1-13-4-7-15(8-5-13)30-20(23(24,25)26)16(11-27-30)21(31)29-22-28-17(12-34-22)14-6-9-18(32-2)19(10-14)33-3/h4-12H,1-3H3,(H,28,29,31). The molecule has 0 saturated heterocycles. The van der Waals surface area contributed by atoms with E-state index in [0.29, 0.717) is 27.4 Å². The molecule has 2 aromatic heterocycles. The van der Waals surface area contributed by atoms with Crippen LogP contribution in [0.25, 0.3) is 16.9 Å². The highest BCUT2D eigenvalue weighted by molar-refractivity contribution is 7.14. The van der Waals surface area contributed by atoms with E-state index in [2.05, 4.69) is 15.4 Å². The van der Waals surface area contributed by atoms with Crippen LogP contribution in [0.3, 0.4) is 0 Å². The van der Waals surface area contributed by atoms with Crippen LogP contribution < -0.4 is 14.8 Å². The van der Waals surface area contributed by atoms with Gasteiger partial charge < -0.3 is 9.47 Å². The molecule has 11 heteroatoms. The number of amides is 1. The molecule has 0 aliphatic carbocycles. The van der Waals surface area contributed by atoms with Crippen LogP contribution in [-0.2, 0) is 6.18 Å². The Hall–Kier alpha value is -3.86. The van der Waals surface area contributed by atoms with Crippen molar-refractivity contribution in [1.82, 2.24) is 14.8 Å². The van der Waals surface area contributed by atoms with Gasteiger partial charge in [0.05, 0.1) is 37.4 Å². The van der Waals surface area contributed by atoms with Gasteiger partial charge in [-0.1, -0.05) is 17.7 Å². The second-order valence-electron chi connectivity index (χ2n) is 7.21. The third-order valence-electron chi connectivity index (χ3n) is 4.96. The van der Waals surface area contributed by atoms with Gasteiger partial charge in [-0.25, -0.2) is 9.67 Å². The largest absolute Gasteiger partial charge is 0.493 e. The first kappa shape index (κ1) is 23.3. The fourth-order valence-corrected chi connectivity index (χ4v) is 4.01. The predicted octanol–water partition coefficient (Wildman–Crippen LogP) is 5.59. The molecule has 2 aromatic carbocycles. The van der Waals surface area contributed by atoms with Crippen molar-refractivity contribution in [3.8, 4) is 28.4 Å². The Bertz CT molecular complexity index is 1330. The predicted molar refractivity (Wildman–Crippen MR) is 122 cm³/mol. The first-order valence-corrected chi connectivity index (χ1v) is 10.8. The van der Waals surface area contributed by atoms with Gasteiger partial charge in [0, 0.05) is 10.9 Å². The van der Waals surface area contributed by atoms with Gasteiger partial charge in [-0.15, -0.1) is 11.3 Å². The number of hydrogen-bond donors (Lipinski definition) is 1. The van der Waals surface area contributed by atoms with Crippen LogP contribution in [0.15, 0.2) is 54.0 Å². The molecular formula is C23H19F3N4O3S. The number of alkyl halides is 3. The number of nitrogens with zero attached hydrogens (tertiary/aromatic N) is 3. The molecule has 4 aromatic rings. The molecule has 0 spiro atoms. The summed E-state index contributed by atoms with van der Waals surface area (Å²) in [5.41, 5.74) is 0.533. The summed E-state index contributed by atoms with van der Waals surface area (Å²) in [4.78, 5) is 17.1. The summed E-state index contributed by atoms with van der Waals surface area (Å²) in [6, 6.07) is 11.5. The average molecular weight is 488 g/mol. The summed E-state index contributed by atoms with van der Waals surface area (Å²) in [5.74, 6) is 0.0797. The van der Waals surface area contributed by atoms with Gasteiger partial charge in [0.2, 0.25) is 0 Å². The Morgan fingerprint density at radius 2 is 1.76 bits per heavy atom. The first-order valence-electron chi connectivity index (χ1n) is 9.93. The molecular weight excluding hydrogens is 469 g/mol. The molecule has 7 nitrogen and oxygen atoms in total. The van der Waals surface area contributed by atoms with Gasteiger partial charge in [-0.2, -0.15) is 18.3 Å². The third kappa shape index (κ3) is 4.60. The number of carbonyl (C=O) groups is 1. The molecule has 0 fully saturated rings. The number of nitrogens with one attached hydrogen (secondary N) is 1. The molecule has 176 valence electrons. The van der Waals surface area contributed by atoms with Crippen molar-refractivity contribution in [2.24, 2.45) is 0 Å². The number of methoxy groups -OCH3 is 2. The molecule has 4 rings (SSSR count). The molecule has 0 aliphatic rings. The second-order valence-corrected chi connectivity index (χ2v) is 8.07. The Balaban J connectivity index is 1.62. The molecule has 34 heavy (non-hydrogen) atoms. The number of carbonyl (C=O) groups excluding carboxylic acids is 1. The van der Waals surface area contributed by atoms with E-state index in [1.54, 1.807) is 35.7 Å². The molecule has 2 heterocycles. The average Bonchev–Trinajstić information content (AvgIpc) is 3.46. The fraction of sp³-hybridized carbons (Fsp3) is 0.174. The van der Waals surface area contributed by atoms with Gasteiger partial charge in [-0.3, -0.25) is 10.1 Å².